The SMILES string of the molecule is CO[C@H]1C[C@H](O[C@H]2CC[C@@]3(C)C(=CC[C@@H]4[C@@H]3C[C@@H](OC(C)=O)[C@]3(C)[C@](O)(C(C)=O)CC[C@]43O)C2)O[C@H](C)[C@H]1O[C@H]1C[C@H](OC)[C@H](O[C@H]2C[C@@H](O)[C@H](O[C@H]3C[C@@H](OC)[C@H](O)[C@@H](C)O3)[C@@H](C)O2)[C@@H](C)O1. The van der Waals surface area contributed by atoms with Crippen molar-refractivity contribution in [1.82, 2.24) is 0 Å². The summed E-state index contributed by atoms with van der Waals surface area (Å²) in [4.78, 5) is 25.5. The van der Waals surface area contributed by atoms with Crippen molar-refractivity contribution < 1.29 is 86.9 Å². The average molecular weight is 969 g/mol. The first-order valence-corrected chi connectivity index (χ1v) is 25.1. The van der Waals surface area contributed by atoms with E-state index in [9.17, 15) is 30.0 Å². The molecule has 0 aromatic carbocycles. The number of allylic oxidation sites excluding steroid dienone is 1. The first kappa shape index (κ1) is 52.6. The summed E-state index contributed by atoms with van der Waals surface area (Å²) in [6, 6.07) is 0. The Bertz CT molecular complexity index is 1810. The maximum absolute atomic E-state index is 13.0. The van der Waals surface area contributed by atoms with Crippen LogP contribution in [-0.4, -0.2) is 175 Å². The van der Waals surface area contributed by atoms with Crippen LogP contribution >= 0.6 is 0 Å². The highest BCUT2D eigenvalue weighted by Crippen LogP contribution is 2.69. The molecule has 4 saturated heterocycles. The first-order valence-electron chi connectivity index (χ1n) is 25.1. The molecule has 8 aliphatic rings. The summed E-state index contributed by atoms with van der Waals surface area (Å²) in [5, 5.41) is 46.1. The zero-order valence-corrected chi connectivity index (χ0v) is 41.9. The van der Waals surface area contributed by atoms with Crippen molar-refractivity contribution in [3.8, 4) is 0 Å². The number of hydrogen-bond acceptors (Lipinski definition) is 18. The van der Waals surface area contributed by atoms with Gasteiger partial charge in [0.2, 0.25) is 0 Å². The van der Waals surface area contributed by atoms with Crippen LogP contribution in [0, 0.1) is 22.7 Å². The highest BCUT2D eigenvalue weighted by Gasteiger charge is 2.76. The third-order valence-electron chi connectivity index (χ3n) is 18.0. The zero-order chi connectivity index (χ0) is 49.2. The van der Waals surface area contributed by atoms with E-state index >= 15 is 0 Å². The second kappa shape index (κ2) is 20.3. The zero-order valence-electron chi connectivity index (χ0n) is 41.9. The Morgan fingerprint density at radius 2 is 1.16 bits per heavy atom. The third kappa shape index (κ3) is 9.31. The summed E-state index contributed by atoms with van der Waals surface area (Å²) in [5.74, 6) is -1.17. The second-order valence-electron chi connectivity index (χ2n) is 21.7. The Balaban J connectivity index is 0.846. The molecule has 0 aromatic heterocycles. The molecule has 4 N–H and O–H groups in total. The van der Waals surface area contributed by atoms with Gasteiger partial charge in [-0.2, -0.15) is 0 Å². The predicted octanol–water partition coefficient (Wildman–Crippen LogP) is 3.77. The standard InChI is InChI=1S/C50H80O18/c1-24-43(54)35(57-9)21-41(60-24)66-44-25(2)61-39(20-34(44)53)67-45-27(4)63-42(23-37(45)59-11)68-46-26(3)62-40(22-36(46)58-10)65-31-14-15-47(7)30(18-31)12-13-32-33(47)19-38(64-29(6)52)48(8)49(55,28(5)51)16-17-50(32,48)56/h12,24-27,31-46,53-56H,13-23H2,1-11H3/t24-,25-,26-,27-,31+,32-,33+,34-,35-,36+,37+,38-,39+,40+,41+,42+,43-,44-,45-,46-,47+,48-,49-,50+/m1/s1. The van der Waals surface area contributed by atoms with E-state index in [-0.39, 0.29) is 48.7 Å². The number of fused-ring (bicyclic) bond motifs is 5. The van der Waals surface area contributed by atoms with Crippen molar-refractivity contribution in [2.24, 2.45) is 22.7 Å². The van der Waals surface area contributed by atoms with Crippen molar-refractivity contribution in [3.63, 3.8) is 0 Å². The summed E-state index contributed by atoms with van der Waals surface area (Å²) in [5.41, 5.74) is -3.61. The minimum Gasteiger partial charge on any atom is -0.462 e. The lowest BCUT2D eigenvalue weighted by atomic mass is 9.44. The van der Waals surface area contributed by atoms with Gasteiger partial charge in [-0.1, -0.05) is 25.5 Å². The molecule has 0 bridgehead atoms. The van der Waals surface area contributed by atoms with E-state index in [1.807, 2.05) is 20.8 Å². The van der Waals surface area contributed by atoms with Crippen LogP contribution in [0.2, 0.25) is 0 Å². The molecular formula is C50H80O18. The van der Waals surface area contributed by atoms with Gasteiger partial charge in [-0.25, -0.2) is 0 Å². The Morgan fingerprint density at radius 1 is 0.647 bits per heavy atom. The molecule has 68 heavy (non-hydrogen) atoms. The van der Waals surface area contributed by atoms with Crippen LogP contribution in [0.25, 0.3) is 0 Å². The van der Waals surface area contributed by atoms with E-state index in [2.05, 4.69) is 13.0 Å². The van der Waals surface area contributed by atoms with Gasteiger partial charge in [-0.3, -0.25) is 9.59 Å². The Labute approximate surface area is 401 Å². The van der Waals surface area contributed by atoms with Gasteiger partial charge in [0.15, 0.2) is 30.9 Å². The quantitative estimate of drug-likeness (QED) is 0.152. The minimum atomic E-state index is -1.80. The van der Waals surface area contributed by atoms with Crippen LogP contribution in [0.5, 0.6) is 0 Å². The van der Waals surface area contributed by atoms with Crippen LogP contribution in [0.15, 0.2) is 11.6 Å². The molecule has 18 heteroatoms. The van der Waals surface area contributed by atoms with Gasteiger partial charge in [0, 0.05) is 53.9 Å². The van der Waals surface area contributed by atoms with E-state index < -0.39 is 127 Å². The number of ketones is 1. The van der Waals surface area contributed by atoms with Gasteiger partial charge < -0.3 is 77.3 Å². The molecule has 388 valence electrons. The Kier molecular flexibility index (Phi) is 15.7. The molecule has 0 spiro atoms. The molecule has 3 saturated carbocycles. The van der Waals surface area contributed by atoms with Gasteiger partial charge in [0.1, 0.15) is 36.1 Å². The monoisotopic (exact) mass is 969 g/mol. The Hall–Kier alpha value is -1.72. The lowest BCUT2D eigenvalue weighted by Gasteiger charge is -2.63. The fourth-order valence-corrected chi connectivity index (χ4v) is 14.0. The van der Waals surface area contributed by atoms with Gasteiger partial charge in [0.25, 0.3) is 0 Å². The van der Waals surface area contributed by atoms with Crippen molar-refractivity contribution >= 4 is 11.8 Å². The lowest BCUT2D eigenvalue weighted by molar-refractivity contribution is -0.346. The van der Waals surface area contributed by atoms with E-state index in [4.69, 9.17) is 56.8 Å². The number of rotatable bonds is 13. The fourth-order valence-electron chi connectivity index (χ4n) is 14.0. The second-order valence-corrected chi connectivity index (χ2v) is 21.7. The molecule has 0 radical (unpaired) electrons. The molecular weight excluding hydrogens is 889 g/mol. The van der Waals surface area contributed by atoms with Crippen LogP contribution in [0.4, 0.5) is 0 Å². The number of aliphatic hydroxyl groups excluding tert-OH is 2. The first-order chi connectivity index (χ1) is 32.1. The minimum absolute atomic E-state index is 0.0367. The van der Waals surface area contributed by atoms with Gasteiger partial charge in [-0.05, 0) is 96.8 Å². The van der Waals surface area contributed by atoms with Crippen molar-refractivity contribution in [2.45, 2.75) is 248 Å². The van der Waals surface area contributed by atoms with Gasteiger partial charge >= 0.3 is 5.97 Å². The number of methoxy groups -OCH3 is 3. The number of Topliss-reactive ketones (excluding diaryl/α,β-unsaturated/α-hetero) is 1. The van der Waals surface area contributed by atoms with Gasteiger partial charge in [0.05, 0.1) is 66.0 Å². The molecule has 8 rings (SSSR count). The van der Waals surface area contributed by atoms with E-state index in [1.165, 1.54) is 26.5 Å². The highest BCUT2D eigenvalue weighted by molar-refractivity contribution is 5.87. The maximum Gasteiger partial charge on any atom is 0.302 e. The number of carbonyl (C=O) groups is 2. The molecule has 18 nitrogen and oxygen atoms in total. The predicted molar refractivity (Wildman–Crippen MR) is 239 cm³/mol. The number of ether oxygens (including phenoxy) is 12. The lowest BCUT2D eigenvalue weighted by Crippen LogP contribution is -2.71. The summed E-state index contributed by atoms with van der Waals surface area (Å²) < 4.78 is 74.4. The molecule has 4 aliphatic heterocycles. The van der Waals surface area contributed by atoms with Crippen LogP contribution in [0.3, 0.4) is 0 Å². The molecule has 4 aliphatic carbocycles. The van der Waals surface area contributed by atoms with E-state index in [0.717, 1.165) is 12.8 Å². The van der Waals surface area contributed by atoms with Crippen molar-refractivity contribution in [3.05, 3.63) is 11.6 Å². The molecule has 24 atom stereocenters. The highest BCUT2D eigenvalue weighted by atomic mass is 16.8. The topological polar surface area (TPSA) is 226 Å². The summed E-state index contributed by atoms with van der Waals surface area (Å²) in [7, 11) is 4.81. The number of carbonyl (C=O) groups excluding carboxylic acids is 2. The molecule has 0 aromatic rings. The van der Waals surface area contributed by atoms with Crippen LogP contribution in [-0.2, 0) is 66.4 Å². The molecule has 4 heterocycles. The Morgan fingerprint density at radius 3 is 1.71 bits per heavy atom. The van der Waals surface area contributed by atoms with Crippen molar-refractivity contribution in [1.29, 1.82) is 0 Å². The number of hydrogen-bond donors (Lipinski definition) is 4. The third-order valence-corrected chi connectivity index (χ3v) is 18.0. The van der Waals surface area contributed by atoms with Gasteiger partial charge in [-0.15, -0.1) is 0 Å². The van der Waals surface area contributed by atoms with Crippen LogP contribution in [0.1, 0.15) is 126 Å². The normalized spacial score (nSPS) is 51.7. The molecule has 7 fully saturated rings. The number of esters is 1. The fraction of sp³-hybridized carbons (Fsp3) is 0.920. The summed E-state index contributed by atoms with van der Waals surface area (Å²) >= 11 is 0. The molecule has 0 unspecified atom stereocenters. The van der Waals surface area contributed by atoms with Crippen LogP contribution < -0.4 is 0 Å². The smallest absolute Gasteiger partial charge is 0.302 e. The maximum atomic E-state index is 13.0. The largest absolute Gasteiger partial charge is 0.462 e. The summed E-state index contributed by atoms with van der Waals surface area (Å²) in [6.45, 7) is 14.1. The van der Waals surface area contributed by atoms with Crippen molar-refractivity contribution in [2.75, 3.05) is 21.3 Å². The average Bonchev–Trinajstić information content (AvgIpc) is 3.51. The van der Waals surface area contributed by atoms with E-state index in [1.54, 1.807) is 28.1 Å². The molecule has 0 amide bonds. The summed E-state index contributed by atoms with van der Waals surface area (Å²) in [6.07, 6.45) is -3.00. The van der Waals surface area contributed by atoms with E-state index in [0.29, 0.717) is 38.5 Å². The number of aliphatic hydroxyl groups is 4.